The number of aliphatic hydroxyl groups excluding tert-OH is 2. The van der Waals surface area contributed by atoms with Gasteiger partial charge in [-0.05, 0) is 116 Å². The van der Waals surface area contributed by atoms with Gasteiger partial charge in [0.25, 0.3) is 20.4 Å². The Balaban J connectivity index is 0.000000199. The first-order chi connectivity index (χ1) is 43.6. The van der Waals surface area contributed by atoms with Crippen molar-refractivity contribution in [3.8, 4) is 85.0 Å². The molecule has 6 aromatic heterocycles. The van der Waals surface area contributed by atoms with Gasteiger partial charge in [0.1, 0.15) is 72.4 Å². The van der Waals surface area contributed by atoms with Crippen molar-refractivity contribution >= 4 is 64.3 Å². The minimum Gasteiger partial charge on any atom is -0.496 e. The summed E-state index contributed by atoms with van der Waals surface area (Å²) in [6.07, 6.45) is 6.67. The van der Waals surface area contributed by atoms with Crippen LogP contribution in [-0.2, 0) is 4.79 Å². The number of H-pyrrole nitrogens is 2. The van der Waals surface area contributed by atoms with Crippen LogP contribution in [-0.4, -0.2) is 148 Å². The fourth-order valence-electron chi connectivity index (χ4n) is 12.0. The van der Waals surface area contributed by atoms with Gasteiger partial charge in [-0.15, -0.1) is 0 Å². The summed E-state index contributed by atoms with van der Waals surface area (Å²) >= 11 is 0. The lowest BCUT2D eigenvalue weighted by molar-refractivity contribution is -0.120. The third kappa shape index (κ3) is 13.3. The summed E-state index contributed by atoms with van der Waals surface area (Å²) in [5.74, 6) is 5.80. The van der Waals surface area contributed by atoms with Gasteiger partial charge < -0.3 is 72.3 Å². The third-order valence-electron chi connectivity index (χ3n) is 16.0. The van der Waals surface area contributed by atoms with Crippen LogP contribution in [0.15, 0.2) is 57.6 Å². The van der Waals surface area contributed by atoms with Crippen molar-refractivity contribution in [1.82, 2.24) is 45.1 Å². The molecule has 14 rings (SSSR count). The summed E-state index contributed by atoms with van der Waals surface area (Å²) in [5.41, 5.74) is 11.3. The smallest absolute Gasteiger partial charge is 0.298 e. The van der Waals surface area contributed by atoms with Crippen molar-refractivity contribution in [2.45, 2.75) is 127 Å². The molecule has 0 bridgehead atoms. The number of aromatic amines is 2. The van der Waals surface area contributed by atoms with Crippen molar-refractivity contribution in [1.29, 1.82) is 1.34 Å². The number of rotatable bonds is 9. The summed E-state index contributed by atoms with van der Waals surface area (Å²) in [6, 6.07) is 15.1. The lowest BCUT2D eigenvalue weighted by Crippen LogP contribution is -2.40. The SMILES string of the molecule is C.C.CC.COc1cc2c(cc1-c1c(C)noc1C)[nH]c1nc(C)nc(-c3ccc(C(=O)N4CCC(O)CC4)c4c3OCCO4)c12.COc1cc2c(cc1-c1c(C)noc1C)[nH]c1nc(C)nc(-c3ccc(OC=O)c4c3OCCO4)c12.OC1CCCCC1.[3H][B]O. The molecule has 3 aliphatic heterocycles. The molecular formula is C67H81BN9O14. The number of nitrogens with one attached hydrogen (secondary N) is 2. The molecule has 4 aliphatic rings. The zero-order valence-corrected chi connectivity index (χ0v) is 51.6. The molecular weight excluding hydrogens is 1170 g/mol. The number of aryl methyl sites for hydroxylation is 6. The Kier molecular flexibility index (Phi) is 21.5. The van der Waals surface area contributed by atoms with Gasteiger partial charge in [0.05, 0.1) is 76.7 Å². The van der Waals surface area contributed by atoms with Crippen LogP contribution in [0.2, 0.25) is 0 Å². The van der Waals surface area contributed by atoms with E-state index in [9.17, 15) is 14.7 Å². The zero-order valence-electron chi connectivity index (χ0n) is 52.6. The molecule has 24 heteroatoms. The molecule has 1 aliphatic carbocycles. The predicted molar refractivity (Wildman–Crippen MR) is 349 cm³/mol. The Morgan fingerprint density at radius 3 is 1.48 bits per heavy atom. The van der Waals surface area contributed by atoms with E-state index < -0.39 is 0 Å². The van der Waals surface area contributed by atoms with Gasteiger partial charge in [0, 0.05) is 58.5 Å². The number of aliphatic hydroxyl groups is 2. The quantitative estimate of drug-likeness (QED) is 0.0662. The van der Waals surface area contributed by atoms with E-state index in [1.165, 1.54) is 19.3 Å². The number of carbonyl (C=O) groups is 2. The average Bonchev–Trinajstić information content (AvgIpc) is 1.53. The first-order valence-corrected chi connectivity index (χ1v) is 29.7. The van der Waals surface area contributed by atoms with Crippen LogP contribution in [0, 0.1) is 41.5 Å². The Labute approximate surface area is 530 Å². The highest BCUT2D eigenvalue weighted by atomic mass is 16.6. The van der Waals surface area contributed by atoms with E-state index in [0.29, 0.717) is 156 Å². The van der Waals surface area contributed by atoms with Crippen LogP contribution < -0.4 is 33.2 Å². The van der Waals surface area contributed by atoms with Crippen LogP contribution in [0.25, 0.3) is 88.6 Å². The topological polar surface area (TPSA) is 298 Å². The first-order valence-electron chi connectivity index (χ1n) is 30.3. The number of ether oxygens (including phenoxy) is 7. The molecule has 0 spiro atoms. The fraction of sp³-hybridized carbons (Fsp3) is 0.403. The number of benzene rings is 4. The molecule has 4 aromatic carbocycles. The second-order valence-electron chi connectivity index (χ2n) is 21.5. The standard InChI is InChI=1S/C31H31N5O6.C26H22N4O6.C6H12O.C2H6.2CH4.BH2O/c1-15-25(16(2)42-35-15)22-13-23-21(14-24(22)39-4)26-27(32-17(3)33-30(26)34-23)19-5-6-20(29-28(19)40-11-12-41-29)31(38)36-9-7-18(37)8-10-36;1-12-21(13(2)36-30-12)17-9-18-16(10-20(17)32-4)22-23(27-14(3)28-26(22)29-18)15-5-6-19(35-11-31)25-24(15)33-7-8-34-25;7-6-4-2-1-3-5-6;1-2;;;1-2/h5-6,13-14,18,37H,7-12H2,1-4H3,(H,32,33,34);5-6,9-11H,7-8H2,1-4H3,(H,27,28,29);6-7H,1-5H2;1-2H3;2*1H4;1-2H/i;;;;;;1T. The highest BCUT2D eigenvalue weighted by molar-refractivity contribution is 6.16. The van der Waals surface area contributed by atoms with Gasteiger partial charge in [-0.2, -0.15) is 0 Å². The molecule has 1 radical (unpaired) electrons. The molecule has 0 atom stereocenters. The molecule has 1 amide bonds. The number of methoxy groups -OCH3 is 2. The van der Waals surface area contributed by atoms with E-state index in [2.05, 4.69) is 25.3 Å². The van der Waals surface area contributed by atoms with Crippen LogP contribution >= 0.6 is 0 Å². The van der Waals surface area contributed by atoms with E-state index in [-0.39, 0.29) is 46.7 Å². The molecule has 23 nitrogen and oxygen atoms in total. The predicted octanol–water partition coefficient (Wildman–Crippen LogP) is 11.8. The van der Waals surface area contributed by atoms with Gasteiger partial charge in [0.2, 0.25) is 5.75 Å². The van der Waals surface area contributed by atoms with Crippen LogP contribution in [0.3, 0.4) is 0 Å². The van der Waals surface area contributed by atoms with Crippen molar-refractivity contribution in [3.05, 3.63) is 88.7 Å². The summed E-state index contributed by atoms with van der Waals surface area (Å²) in [7, 11) is 3.52. The van der Waals surface area contributed by atoms with E-state index in [0.717, 1.165) is 79.1 Å². The second-order valence-corrected chi connectivity index (χ2v) is 21.5. The summed E-state index contributed by atoms with van der Waals surface area (Å²) in [6.45, 7) is 18.0. The average molecular weight is 1250 g/mol. The van der Waals surface area contributed by atoms with E-state index in [4.69, 9.17) is 68.6 Å². The van der Waals surface area contributed by atoms with Gasteiger partial charge in [-0.3, -0.25) is 9.59 Å². The number of carbonyl (C=O) groups excluding carboxylic acids is 2. The number of aromatic nitrogens is 8. The Morgan fingerprint density at radius 1 is 0.615 bits per heavy atom. The summed E-state index contributed by atoms with van der Waals surface area (Å²) in [5, 5.41) is 37.5. The van der Waals surface area contributed by atoms with Crippen molar-refractivity contribution in [3.63, 3.8) is 0 Å². The van der Waals surface area contributed by atoms with Gasteiger partial charge in [-0.25, -0.2) is 19.9 Å². The zero-order chi connectivity index (χ0) is 63.9. The fourth-order valence-corrected chi connectivity index (χ4v) is 12.0. The third-order valence-corrected chi connectivity index (χ3v) is 16.0. The molecule has 2 fully saturated rings. The van der Waals surface area contributed by atoms with Gasteiger partial charge in [0.15, 0.2) is 23.0 Å². The van der Waals surface area contributed by atoms with E-state index in [1.807, 2.05) is 91.8 Å². The largest absolute Gasteiger partial charge is 0.496 e. The van der Waals surface area contributed by atoms with Crippen molar-refractivity contribution in [2.75, 3.05) is 53.7 Å². The minimum atomic E-state index is -0.372. The number of amides is 1. The monoisotopic (exact) mass is 1250 g/mol. The number of fused-ring (bicyclic) bond motifs is 8. The van der Waals surface area contributed by atoms with Crippen LogP contribution in [0.4, 0.5) is 0 Å². The molecule has 9 heterocycles. The maximum absolute atomic E-state index is 13.5. The van der Waals surface area contributed by atoms with E-state index >= 15 is 0 Å². The Hall–Kier alpha value is -9.26. The normalized spacial score (nSPS) is 14.4. The minimum absolute atomic E-state index is 0. The number of hydrogen-bond donors (Lipinski definition) is 5. The maximum Gasteiger partial charge on any atom is 0.298 e. The van der Waals surface area contributed by atoms with Crippen LogP contribution in [0.1, 0.15) is 119 Å². The second kappa shape index (κ2) is 29.6. The molecule has 481 valence electrons. The molecule has 1 saturated heterocycles. The molecule has 5 N–H and O–H groups in total. The lowest BCUT2D eigenvalue weighted by atomic mass is 9.98. The molecule has 91 heavy (non-hydrogen) atoms. The number of nitrogens with zero attached hydrogens (tertiary/aromatic N) is 7. The highest BCUT2D eigenvalue weighted by Gasteiger charge is 2.32. The van der Waals surface area contributed by atoms with Crippen molar-refractivity contribution < 1.29 is 67.0 Å². The summed E-state index contributed by atoms with van der Waals surface area (Å²) < 4.78 is 57.2. The van der Waals surface area contributed by atoms with E-state index in [1.54, 1.807) is 31.3 Å². The maximum atomic E-state index is 13.5. The summed E-state index contributed by atoms with van der Waals surface area (Å²) in [4.78, 5) is 52.2. The van der Waals surface area contributed by atoms with Crippen molar-refractivity contribution in [2.24, 2.45) is 0 Å². The van der Waals surface area contributed by atoms with Gasteiger partial charge >= 0.3 is 0 Å². The number of likely N-dealkylation sites (tertiary alicyclic amines) is 1. The number of hydrogen-bond acceptors (Lipinski definition) is 20. The molecule has 10 aromatic rings. The first kappa shape index (κ1) is 66.2. The Bertz CT molecular complexity index is 4210. The Morgan fingerprint density at radius 2 is 1.05 bits per heavy atom. The molecule has 1 saturated carbocycles. The van der Waals surface area contributed by atoms with Gasteiger partial charge in [-0.1, -0.05) is 58.3 Å². The lowest BCUT2D eigenvalue weighted by Gasteiger charge is -2.31. The highest BCUT2D eigenvalue weighted by Crippen LogP contribution is 2.50. The molecule has 0 unspecified atom stereocenters. The number of piperidine rings is 1. The van der Waals surface area contributed by atoms with Crippen LogP contribution in [0.5, 0.6) is 40.2 Å².